The van der Waals surface area contributed by atoms with Crippen LogP contribution in [0.15, 0.2) is 194 Å². The third-order valence-corrected chi connectivity index (χ3v) is 10.9. The Labute approximate surface area is 376 Å². The van der Waals surface area contributed by atoms with Gasteiger partial charge in [-0.2, -0.15) is 0 Å². The predicted molar refractivity (Wildman–Crippen MR) is 248 cm³/mol. The number of benzene rings is 7. The van der Waals surface area contributed by atoms with Gasteiger partial charge in [-0.15, -0.1) is 0 Å². The molecular weight excluding hydrogens is 803 g/mol. The van der Waals surface area contributed by atoms with Crippen molar-refractivity contribution in [2.24, 2.45) is 0 Å². The summed E-state index contributed by atoms with van der Waals surface area (Å²) in [5, 5.41) is 3.81. The van der Waals surface area contributed by atoms with Crippen molar-refractivity contribution in [2.75, 3.05) is 19.0 Å². The second-order valence-electron chi connectivity index (χ2n) is 15.6. The monoisotopic (exact) mass is 857 g/mol. The molecule has 0 aromatic heterocycles. The number of anilines is 1. The van der Waals surface area contributed by atoms with Gasteiger partial charge in [-0.05, 0) is 33.4 Å². The number of ether oxygens (including phenoxy) is 8. The fourth-order valence-corrected chi connectivity index (χ4v) is 7.59. The van der Waals surface area contributed by atoms with Gasteiger partial charge in [0.15, 0.2) is 6.29 Å². The van der Waals surface area contributed by atoms with Crippen molar-refractivity contribution in [1.82, 2.24) is 0 Å². The Kier molecular flexibility index (Phi) is 16.1. The summed E-state index contributed by atoms with van der Waals surface area (Å²) in [7, 11) is 1.64. The molecule has 0 radical (unpaired) electrons. The standard InChI is InChI=1S/C55H55NO8/c1-57-55-52(54(63-39-46-30-18-7-19-31-46)53(62-38-45-28-16-6-17-29-45)50(64-55)40-58-34-41-20-8-2-9-21-41)56-51-48(60-36-43-24-12-4-13-25-43)32-47(59-35-42-22-10-3-11-23-42)33-49(51)61-37-44-26-14-5-15-27-44/h2-33,50,52-56H,34-40H2,1H3/t50-,52-,53-,54-,55+/m1/s1. The lowest BCUT2D eigenvalue weighted by molar-refractivity contribution is -0.277. The average Bonchev–Trinajstić information content (AvgIpc) is 3.36. The van der Waals surface area contributed by atoms with E-state index in [2.05, 4.69) is 17.4 Å². The first-order valence-electron chi connectivity index (χ1n) is 21.7. The molecule has 0 aliphatic carbocycles. The van der Waals surface area contributed by atoms with Crippen LogP contribution in [-0.2, 0) is 63.3 Å². The normalized spacial score (nSPS) is 18.2. The Morgan fingerprint density at radius 3 is 1.23 bits per heavy atom. The maximum atomic E-state index is 7.02. The molecule has 1 aliphatic heterocycles. The van der Waals surface area contributed by atoms with Gasteiger partial charge >= 0.3 is 0 Å². The summed E-state index contributed by atoms with van der Waals surface area (Å²) >= 11 is 0. The summed E-state index contributed by atoms with van der Waals surface area (Å²) < 4.78 is 53.3. The molecule has 0 amide bonds. The zero-order chi connectivity index (χ0) is 43.6. The first-order chi connectivity index (χ1) is 31.7. The van der Waals surface area contributed by atoms with Crippen LogP contribution in [0.1, 0.15) is 33.4 Å². The molecule has 0 spiro atoms. The quantitative estimate of drug-likeness (QED) is 0.0716. The van der Waals surface area contributed by atoms with Crippen molar-refractivity contribution in [3.05, 3.63) is 228 Å². The molecule has 9 nitrogen and oxygen atoms in total. The second kappa shape index (κ2) is 23.3. The van der Waals surface area contributed by atoms with E-state index in [9.17, 15) is 0 Å². The number of nitrogens with one attached hydrogen (secondary N) is 1. The molecule has 9 heteroatoms. The Balaban J connectivity index is 1.18. The van der Waals surface area contributed by atoms with Crippen LogP contribution < -0.4 is 19.5 Å². The minimum Gasteiger partial charge on any atom is -0.489 e. The SMILES string of the molecule is CO[C@H]1O[C@H](COCc2ccccc2)[C@@H](OCc2ccccc2)[C@H](OCc2ccccc2)[C@H]1Nc1c(OCc2ccccc2)cc(OCc2ccccc2)cc1OCc1ccccc1. The number of methoxy groups -OCH3 is 1. The van der Waals surface area contributed by atoms with E-state index in [1.165, 1.54) is 0 Å². The van der Waals surface area contributed by atoms with Gasteiger partial charge < -0.3 is 43.2 Å². The van der Waals surface area contributed by atoms with E-state index < -0.39 is 30.6 Å². The van der Waals surface area contributed by atoms with E-state index >= 15 is 0 Å². The Hall–Kier alpha value is -6.46. The van der Waals surface area contributed by atoms with Crippen molar-refractivity contribution in [3.8, 4) is 17.2 Å². The summed E-state index contributed by atoms with van der Waals surface area (Å²) in [5.41, 5.74) is 6.72. The highest BCUT2D eigenvalue weighted by Crippen LogP contribution is 2.43. The van der Waals surface area contributed by atoms with Crippen molar-refractivity contribution in [2.45, 2.75) is 70.3 Å². The Bertz CT molecular complexity index is 2330. The van der Waals surface area contributed by atoms with Crippen LogP contribution in [0, 0.1) is 0 Å². The number of hydrogen-bond donors (Lipinski definition) is 1. The Morgan fingerprint density at radius 2 is 0.812 bits per heavy atom. The largest absolute Gasteiger partial charge is 0.489 e. The van der Waals surface area contributed by atoms with Gasteiger partial charge in [-0.1, -0.05) is 182 Å². The fraction of sp³-hybridized carbons (Fsp3) is 0.236. The van der Waals surface area contributed by atoms with E-state index in [1.54, 1.807) is 7.11 Å². The first kappa shape index (κ1) is 44.2. The molecule has 0 bridgehead atoms. The topological polar surface area (TPSA) is 85.9 Å². The van der Waals surface area contributed by atoms with Crippen LogP contribution in [0.5, 0.6) is 17.2 Å². The first-order valence-corrected chi connectivity index (χ1v) is 21.7. The van der Waals surface area contributed by atoms with Crippen LogP contribution in [0.3, 0.4) is 0 Å². The van der Waals surface area contributed by atoms with Crippen LogP contribution >= 0.6 is 0 Å². The molecule has 1 saturated heterocycles. The lowest BCUT2D eigenvalue weighted by Gasteiger charge is -2.46. The smallest absolute Gasteiger partial charge is 0.180 e. The molecule has 5 atom stereocenters. The molecule has 1 fully saturated rings. The maximum Gasteiger partial charge on any atom is 0.180 e. The lowest BCUT2D eigenvalue weighted by atomic mass is 9.95. The zero-order valence-electron chi connectivity index (χ0n) is 36.1. The molecule has 7 aromatic rings. The average molecular weight is 858 g/mol. The van der Waals surface area contributed by atoms with Crippen LogP contribution in [0.25, 0.3) is 0 Å². The molecule has 8 rings (SSSR count). The van der Waals surface area contributed by atoms with Crippen molar-refractivity contribution in [1.29, 1.82) is 0 Å². The highest BCUT2D eigenvalue weighted by atomic mass is 16.7. The molecule has 7 aromatic carbocycles. The van der Waals surface area contributed by atoms with Gasteiger partial charge in [0.05, 0.1) is 26.4 Å². The van der Waals surface area contributed by atoms with Gasteiger partial charge in [-0.25, -0.2) is 0 Å². The molecule has 64 heavy (non-hydrogen) atoms. The second-order valence-corrected chi connectivity index (χ2v) is 15.6. The third kappa shape index (κ3) is 12.6. The number of rotatable bonds is 22. The summed E-state index contributed by atoms with van der Waals surface area (Å²) in [4.78, 5) is 0. The van der Waals surface area contributed by atoms with Gasteiger partial charge in [-0.3, -0.25) is 0 Å². The van der Waals surface area contributed by atoms with E-state index in [0.29, 0.717) is 62.6 Å². The van der Waals surface area contributed by atoms with Gasteiger partial charge in [0.2, 0.25) is 0 Å². The summed E-state index contributed by atoms with van der Waals surface area (Å²) in [6.07, 6.45) is -2.63. The summed E-state index contributed by atoms with van der Waals surface area (Å²) in [5.74, 6) is 1.62. The van der Waals surface area contributed by atoms with Crippen LogP contribution in [0.2, 0.25) is 0 Å². The van der Waals surface area contributed by atoms with Gasteiger partial charge in [0, 0.05) is 19.2 Å². The summed E-state index contributed by atoms with van der Waals surface area (Å²) in [6.45, 7) is 2.22. The molecule has 0 saturated carbocycles. The molecule has 1 aliphatic rings. The van der Waals surface area contributed by atoms with Crippen LogP contribution in [0.4, 0.5) is 5.69 Å². The molecule has 328 valence electrons. The van der Waals surface area contributed by atoms with Crippen LogP contribution in [-0.4, -0.2) is 44.4 Å². The van der Waals surface area contributed by atoms with Gasteiger partial charge in [0.1, 0.15) is 67.1 Å². The van der Waals surface area contributed by atoms with E-state index in [4.69, 9.17) is 37.9 Å². The summed E-state index contributed by atoms with van der Waals surface area (Å²) in [6, 6.07) is 63.6. The minimum absolute atomic E-state index is 0.233. The molecule has 0 unspecified atom stereocenters. The van der Waals surface area contributed by atoms with Crippen molar-refractivity contribution >= 4 is 5.69 Å². The Morgan fingerprint density at radius 1 is 0.438 bits per heavy atom. The highest BCUT2D eigenvalue weighted by Gasteiger charge is 2.48. The van der Waals surface area contributed by atoms with E-state index in [-0.39, 0.29) is 6.61 Å². The van der Waals surface area contributed by atoms with Crippen molar-refractivity contribution in [3.63, 3.8) is 0 Å². The maximum absolute atomic E-state index is 7.02. The fourth-order valence-electron chi connectivity index (χ4n) is 7.59. The van der Waals surface area contributed by atoms with E-state index in [1.807, 2.05) is 182 Å². The highest BCUT2D eigenvalue weighted by molar-refractivity contribution is 5.69. The van der Waals surface area contributed by atoms with E-state index in [0.717, 1.165) is 33.4 Å². The third-order valence-electron chi connectivity index (χ3n) is 10.9. The number of hydrogen-bond acceptors (Lipinski definition) is 9. The zero-order valence-corrected chi connectivity index (χ0v) is 36.1. The molecule has 1 heterocycles. The van der Waals surface area contributed by atoms with Gasteiger partial charge in [0.25, 0.3) is 0 Å². The minimum atomic E-state index is -0.819. The lowest BCUT2D eigenvalue weighted by Crippen LogP contribution is -2.63. The predicted octanol–water partition coefficient (Wildman–Crippen LogP) is 11.0. The molecule has 1 N–H and O–H groups in total. The molecular formula is C55H55NO8. The van der Waals surface area contributed by atoms with Crippen molar-refractivity contribution < 1.29 is 37.9 Å².